The lowest BCUT2D eigenvalue weighted by Gasteiger charge is -2.35. The highest BCUT2D eigenvalue weighted by Crippen LogP contribution is 2.30. The maximum atomic E-state index is 4.46. The zero-order valence-electron chi connectivity index (χ0n) is 10.5. The molecule has 0 bridgehead atoms. The Morgan fingerprint density at radius 2 is 1.83 bits per heavy atom. The molecule has 18 heavy (non-hydrogen) atoms. The van der Waals surface area contributed by atoms with Gasteiger partial charge in [0.05, 0.1) is 5.69 Å². The summed E-state index contributed by atoms with van der Waals surface area (Å²) in [5.74, 6) is 0. The molecule has 0 atom stereocenters. The first-order valence-corrected chi connectivity index (χ1v) is 7.11. The number of hydrogen-bond donors (Lipinski definition) is 0. The topological polar surface area (TPSA) is 19.4 Å². The Labute approximate surface area is 112 Å². The molecule has 1 aromatic heterocycles. The molecule has 3 rings (SSSR count). The van der Waals surface area contributed by atoms with Gasteiger partial charge in [0.2, 0.25) is 0 Å². The monoisotopic (exact) mass is 259 g/mol. The number of benzene rings is 1. The minimum Gasteiger partial charge on any atom is -0.368 e. The predicted molar refractivity (Wildman–Crippen MR) is 77.3 cm³/mol. The number of rotatable bonds is 2. The van der Waals surface area contributed by atoms with Crippen molar-refractivity contribution in [3.05, 3.63) is 35.7 Å². The van der Waals surface area contributed by atoms with Crippen LogP contribution in [0.15, 0.2) is 35.7 Å². The molecule has 94 valence electrons. The first kappa shape index (κ1) is 11.7. The van der Waals surface area contributed by atoms with Crippen LogP contribution in [0, 0.1) is 0 Å². The van der Waals surface area contributed by atoms with E-state index in [4.69, 9.17) is 0 Å². The van der Waals surface area contributed by atoms with Gasteiger partial charge in [0.1, 0.15) is 0 Å². The maximum Gasteiger partial charge on any atom is 0.0861 e. The summed E-state index contributed by atoms with van der Waals surface area (Å²) >= 11 is 1.51. The average Bonchev–Trinajstić information content (AvgIpc) is 2.93. The largest absolute Gasteiger partial charge is 0.368 e. The van der Waals surface area contributed by atoms with Gasteiger partial charge < -0.3 is 9.80 Å². The normalized spacial score (nSPS) is 17.1. The molecule has 0 amide bonds. The number of likely N-dealkylation sites (N-methyl/N-ethyl adjacent to an activating group) is 1. The van der Waals surface area contributed by atoms with Crippen molar-refractivity contribution in [2.45, 2.75) is 0 Å². The van der Waals surface area contributed by atoms with Gasteiger partial charge in [-0.15, -0.1) is 0 Å². The highest BCUT2D eigenvalue weighted by atomic mass is 32.1. The van der Waals surface area contributed by atoms with Crippen LogP contribution in [-0.4, -0.2) is 42.5 Å². The standard InChI is InChI=1S/C14H17N3S/c1-16-7-9-17(10-8-16)14-5-3-2-4-12(14)13-6-11-18-15-13/h2-6,11H,7-10H2,1H3. The van der Waals surface area contributed by atoms with E-state index in [9.17, 15) is 0 Å². The van der Waals surface area contributed by atoms with Gasteiger partial charge >= 0.3 is 0 Å². The summed E-state index contributed by atoms with van der Waals surface area (Å²) in [6.45, 7) is 4.45. The number of para-hydroxylation sites is 1. The van der Waals surface area contributed by atoms with E-state index in [1.807, 2.05) is 5.38 Å². The molecule has 1 aliphatic rings. The number of hydrogen-bond acceptors (Lipinski definition) is 4. The zero-order chi connectivity index (χ0) is 12.4. The highest BCUT2D eigenvalue weighted by Gasteiger charge is 2.17. The minimum atomic E-state index is 1.09. The number of piperazine rings is 1. The van der Waals surface area contributed by atoms with Crippen molar-refractivity contribution in [2.75, 3.05) is 38.1 Å². The Morgan fingerprint density at radius 3 is 2.56 bits per heavy atom. The summed E-state index contributed by atoms with van der Waals surface area (Å²) in [4.78, 5) is 4.84. The smallest absolute Gasteiger partial charge is 0.0861 e. The van der Waals surface area contributed by atoms with Crippen molar-refractivity contribution in [3.8, 4) is 11.3 Å². The van der Waals surface area contributed by atoms with Crippen molar-refractivity contribution in [3.63, 3.8) is 0 Å². The molecule has 1 aliphatic heterocycles. The minimum absolute atomic E-state index is 1.09. The third-order valence-electron chi connectivity index (χ3n) is 3.46. The third kappa shape index (κ3) is 2.26. The predicted octanol–water partition coefficient (Wildman–Crippen LogP) is 2.56. The van der Waals surface area contributed by atoms with Crippen LogP contribution in [0.25, 0.3) is 11.3 Å². The Kier molecular flexibility index (Phi) is 3.30. The van der Waals surface area contributed by atoms with Gasteiger partial charge in [0.15, 0.2) is 0 Å². The van der Waals surface area contributed by atoms with Gasteiger partial charge in [0.25, 0.3) is 0 Å². The van der Waals surface area contributed by atoms with E-state index in [1.54, 1.807) is 0 Å². The quantitative estimate of drug-likeness (QED) is 0.826. The summed E-state index contributed by atoms with van der Waals surface area (Å²) in [5.41, 5.74) is 3.66. The second-order valence-corrected chi connectivity index (χ2v) is 5.36. The zero-order valence-corrected chi connectivity index (χ0v) is 11.4. The molecule has 1 fully saturated rings. The SMILES string of the molecule is CN1CCN(c2ccccc2-c2ccsn2)CC1. The molecule has 4 heteroatoms. The number of nitrogens with zero attached hydrogens (tertiary/aromatic N) is 3. The molecule has 0 aliphatic carbocycles. The lowest BCUT2D eigenvalue weighted by atomic mass is 10.1. The van der Waals surface area contributed by atoms with E-state index >= 15 is 0 Å². The first-order valence-electron chi connectivity index (χ1n) is 6.28. The molecule has 0 saturated carbocycles. The lowest BCUT2D eigenvalue weighted by Crippen LogP contribution is -2.44. The van der Waals surface area contributed by atoms with Gasteiger partial charge in [-0.3, -0.25) is 0 Å². The van der Waals surface area contributed by atoms with Crippen LogP contribution >= 0.6 is 11.5 Å². The van der Waals surface area contributed by atoms with Crippen LogP contribution in [0.5, 0.6) is 0 Å². The van der Waals surface area contributed by atoms with E-state index in [-0.39, 0.29) is 0 Å². The lowest BCUT2D eigenvalue weighted by molar-refractivity contribution is 0.313. The molecule has 0 N–H and O–H groups in total. The fourth-order valence-electron chi connectivity index (χ4n) is 2.36. The molecule has 0 radical (unpaired) electrons. The van der Waals surface area contributed by atoms with Gasteiger partial charge in [-0.2, -0.15) is 4.37 Å². The van der Waals surface area contributed by atoms with Gasteiger partial charge in [-0.25, -0.2) is 0 Å². The molecule has 3 nitrogen and oxygen atoms in total. The second kappa shape index (κ2) is 5.08. The molecule has 2 heterocycles. The Bertz CT molecular complexity index is 502. The van der Waals surface area contributed by atoms with Crippen LogP contribution in [0.4, 0.5) is 5.69 Å². The van der Waals surface area contributed by atoms with Crippen LogP contribution in [0.2, 0.25) is 0 Å². The Morgan fingerprint density at radius 1 is 1.06 bits per heavy atom. The molecule has 0 unspecified atom stereocenters. The van der Waals surface area contributed by atoms with Crippen LogP contribution in [0.1, 0.15) is 0 Å². The molecular weight excluding hydrogens is 242 g/mol. The van der Waals surface area contributed by atoms with Gasteiger partial charge in [-0.1, -0.05) is 18.2 Å². The summed E-state index contributed by atoms with van der Waals surface area (Å²) in [5, 5.41) is 2.04. The van der Waals surface area contributed by atoms with E-state index < -0.39 is 0 Å². The molecule has 1 aromatic carbocycles. The first-order chi connectivity index (χ1) is 8.84. The second-order valence-electron chi connectivity index (χ2n) is 4.69. The summed E-state index contributed by atoms with van der Waals surface area (Å²) < 4.78 is 4.46. The van der Waals surface area contributed by atoms with E-state index in [0.717, 1.165) is 31.9 Å². The Balaban J connectivity index is 1.92. The van der Waals surface area contributed by atoms with Gasteiger partial charge in [-0.05, 0) is 30.7 Å². The number of anilines is 1. The van der Waals surface area contributed by atoms with Crippen LogP contribution < -0.4 is 4.90 Å². The molecule has 2 aromatic rings. The van der Waals surface area contributed by atoms with Crippen molar-refractivity contribution < 1.29 is 0 Å². The van der Waals surface area contributed by atoms with Crippen molar-refractivity contribution in [2.24, 2.45) is 0 Å². The maximum absolute atomic E-state index is 4.46. The highest BCUT2D eigenvalue weighted by molar-refractivity contribution is 7.03. The van der Waals surface area contributed by atoms with E-state index in [1.165, 1.54) is 22.8 Å². The van der Waals surface area contributed by atoms with E-state index in [2.05, 4.69) is 51.6 Å². The summed E-state index contributed by atoms with van der Waals surface area (Å²) in [7, 11) is 2.18. The fourth-order valence-corrected chi connectivity index (χ4v) is 2.89. The average molecular weight is 259 g/mol. The van der Waals surface area contributed by atoms with Crippen molar-refractivity contribution in [1.82, 2.24) is 9.27 Å². The van der Waals surface area contributed by atoms with E-state index in [0.29, 0.717) is 0 Å². The fraction of sp³-hybridized carbons (Fsp3) is 0.357. The number of aromatic nitrogens is 1. The molecule has 0 spiro atoms. The molecular formula is C14H17N3S. The third-order valence-corrected chi connectivity index (χ3v) is 4.02. The van der Waals surface area contributed by atoms with Crippen molar-refractivity contribution >= 4 is 17.2 Å². The Hall–Kier alpha value is -1.39. The van der Waals surface area contributed by atoms with Crippen molar-refractivity contribution in [1.29, 1.82) is 0 Å². The van der Waals surface area contributed by atoms with Gasteiger partial charge in [0, 0.05) is 42.8 Å². The van der Waals surface area contributed by atoms with Crippen LogP contribution in [0.3, 0.4) is 0 Å². The summed E-state index contributed by atoms with van der Waals surface area (Å²) in [6.07, 6.45) is 0. The molecule has 1 saturated heterocycles. The van der Waals surface area contributed by atoms with Crippen LogP contribution in [-0.2, 0) is 0 Å². The summed E-state index contributed by atoms with van der Waals surface area (Å²) in [6, 6.07) is 10.7.